The van der Waals surface area contributed by atoms with Gasteiger partial charge >= 0.3 is 0 Å². The number of imidazole rings is 1. The molecule has 2 heterocycles. The van der Waals surface area contributed by atoms with Crippen molar-refractivity contribution in [1.82, 2.24) is 14.1 Å². The molecule has 0 saturated carbocycles. The van der Waals surface area contributed by atoms with Gasteiger partial charge in [-0.15, -0.1) is 11.3 Å². The van der Waals surface area contributed by atoms with Crippen molar-refractivity contribution in [3.05, 3.63) is 16.7 Å². The Hall–Kier alpha value is -0.630. The Bertz CT molecular complexity index is 686. The summed E-state index contributed by atoms with van der Waals surface area (Å²) in [6, 6.07) is 0. The summed E-state index contributed by atoms with van der Waals surface area (Å²) < 4.78 is 29.2. The van der Waals surface area contributed by atoms with Crippen LogP contribution in [0.4, 0.5) is 0 Å². The van der Waals surface area contributed by atoms with Crippen molar-refractivity contribution in [2.75, 3.05) is 0 Å². The van der Waals surface area contributed by atoms with Gasteiger partial charge in [0.15, 0.2) is 15.1 Å². The second-order valence-electron chi connectivity index (χ2n) is 4.64. The number of fused-ring (bicyclic) bond motifs is 1. The average Bonchev–Trinajstić information content (AvgIpc) is 2.87. The molecule has 0 bridgehead atoms. The van der Waals surface area contributed by atoms with Crippen molar-refractivity contribution in [1.29, 1.82) is 0 Å². The van der Waals surface area contributed by atoms with Crippen LogP contribution in [0, 0.1) is 0 Å². The highest BCUT2D eigenvalue weighted by molar-refractivity contribution is 7.89. The number of nitrogens with one attached hydrogen (secondary N) is 1. The van der Waals surface area contributed by atoms with E-state index in [1.165, 1.54) is 15.7 Å². The summed E-state index contributed by atoms with van der Waals surface area (Å²) in [5, 5.41) is 1.80. The van der Waals surface area contributed by atoms with E-state index < -0.39 is 15.6 Å². The van der Waals surface area contributed by atoms with Crippen molar-refractivity contribution in [2.45, 2.75) is 44.2 Å². The summed E-state index contributed by atoms with van der Waals surface area (Å²) in [6.07, 6.45) is 3.06. The molecule has 1 N–H and O–H groups in total. The van der Waals surface area contributed by atoms with Crippen LogP contribution in [-0.2, 0) is 10.0 Å². The molecule has 0 saturated heterocycles. The molecule has 0 unspecified atom stereocenters. The van der Waals surface area contributed by atoms with Gasteiger partial charge in [0.05, 0.1) is 0 Å². The van der Waals surface area contributed by atoms with Gasteiger partial charge in [0.1, 0.15) is 0 Å². The maximum atomic E-state index is 12.5. The van der Waals surface area contributed by atoms with Crippen molar-refractivity contribution in [3.8, 4) is 0 Å². The van der Waals surface area contributed by atoms with Crippen molar-refractivity contribution in [3.63, 3.8) is 0 Å². The van der Waals surface area contributed by atoms with Crippen molar-refractivity contribution >= 4 is 37.9 Å². The lowest BCUT2D eigenvalue weighted by Crippen LogP contribution is -2.45. The van der Waals surface area contributed by atoms with Gasteiger partial charge in [-0.3, -0.25) is 4.40 Å². The molecule has 0 spiro atoms. The molecule has 19 heavy (non-hydrogen) atoms. The van der Waals surface area contributed by atoms with Gasteiger partial charge in [-0.05, 0) is 19.8 Å². The molecule has 0 aliphatic rings. The van der Waals surface area contributed by atoms with Crippen LogP contribution < -0.4 is 4.72 Å². The fourth-order valence-electron chi connectivity index (χ4n) is 1.75. The van der Waals surface area contributed by atoms with E-state index in [9.17, 15) is 8.42 Å². The Kier molecular flexibility index (Phi) is 3.92. The van der Waals surface area contributed by atoms with Crippen LogP contribution in [0.15, 0.2) is 16.6 Å². The smallest absolute Gasteiger partial charge is 0.260 e. The molecule has 2 rings (SSSR count). The van der Waals surface area contributed by atoms with E-state index in [0.29, 0.717) is 17.8 Å². The zero-order valence-electron chi connectivity index (χ0n) is 11.0. The van der Waals surface area contributed by atoms with Crippen LogP contribution in [-0.4, -0.2) is 23.3 Å². The van der Waals surface area contributed by atoms with Gasteiger partial charge in [0.25, 0.3) is 10.0 Å². The van der Waals surface area contributed by atoms with Crippen LogP contribution >= 0.6 is 22.9 Å². The third kappa shape index (κ3) is 2.65. The van der Waals surface area contributed by atoms with E-state index in [0.717, 1.165) is 0 Å². The van der Waals surface area contributed by atoms with Crippen LogP contribution in [0.1, 0.15) is 33.6 Å². The van der Waals surface area contributed by atoms with Gasteiger partial charge in [0, 0.05) is 17.1 Å². The zero-order valence-corrected chi connectivity index (χ0v) is 13.4. The predicted octanol–water partition coefficient (Wildman–Crippen LogP) is 2.91. The Morgan fingerprint density at radius 1 is 1.47 bits per heavy atom. The normalized spacial score (nSPS) is 13.3. The van der Waals surface area contributed by atoms with Gasteiger partial charge in [-0.2, -0.15) is 0 Å². The monoisotopic (exact) mass is 321 g/mol. The SMILES string of the molecule is CCC(C)(CC)NS(=O)(=O)c1c(Cl)nc2sccn12. The Labute approximate surface area is 121 Å². The van der Waals surface area contributed by atoms with Crippen molar-refractivity contribution in [2.24, 2.45) is 0 Å². The zero-order chi connectivity index (χ0) is 14.3. The quantitative estimate of drug-likeness (QED) is 0.921. The highest BCUT2D eigenvalue weighted by Gasteiger charge is 2.32. The first-order valence-corrected chi connectivity index (χ1v) is 8.72. The third-order valence-corrected chi connectivity index (χ3v) is 6.17. The molecule has 0 atom stereocenters. The number of nitrogens with zero attached hydrogens (tertiary/aromatic N) is 2. The molecule has 0 aliphatic heterocycles. The van der Waals surface area contributed by atoms with E-state index in [2.05, 4.69) is 9.71 Å². The molecule has 5 nitrogen and oxygen atoms in total. The lowest BCUT2D eigenvalue weighted by atomic mass is 9.98. The summed E-state index contributed by atoms with van der Waals surface area (Å²) >= 11 is 7.31. The number of thiazole rings is 1. The summed E-state index contributed by atoms with van der Waals surface area (Å²) in [4.78, 5) is 4.62. The maximum absolute atomic E-state index is 12.5. The highest BCUT2D eigenvalue weighted by Crippen LogP contribution is 2.27. The van der Waals surface area contributed by atoms with Crippen molar-refractivity contribution < 1.29 is 8.42 Å². The van der Waals surface area contributed by atoms with Crippen LogP contribution in [0.5, 0.6) is 0 Å². The summed E-state index contributed by atoms with van der Waals surface area (Å²) in [6.45, 7) is 5.78. The molecule has 0 amide bonds. The lowest BCUT2D eigenvalue weighted by Gasteiger charge is -2.27. The van der Waals surface area contributed by atoms with E-state index in [1.807, 2.05) is 20.8 Å². The standard InChI is InChI=1S/C11H16ClN3O2S2/c1-4-11(3,5-2)14-19(16,17)9-8(12)13-10-15(9)6-7-18-10/h6-7,14H,4-5H2,1-3H3. The summed E-state index contributed by atoms with van der Waals surface area (Å²) in [7, 11) is -3.70. The fourth-order valence-corrected chi connectivity index (χ4v) is 4.75. The fraction of sp³-hybridized carbons (Fsp3) is 0.545. The number of hydrogen-bond donors (Lipinski definition) is 1. The molecular weight excluding hydrogens is 306 g/mol. The number of halogens is 1. The average molecular weight is 322 g/mol. The number of sulfonamides is 1. The topological polar surface area (TPSA) is 63.5 Å². The second kappa shape index (κ2) is 5.05. The first kappa shape index (κ1) is 14.8. The first-order chi connectivity index (χ1) is 8.83. The van der Waals surface area contributed by atoms with Crippen LogP contribution in [0.3, 0.4) is 0 Å². The lowest BCUT2D eigenvalue weighted by molar-refractivity contribution is 0.388. The van der Waals surface area contributed by atoms with Crippen LogP contribution in [0.25, 0.3) is 4.96 Å². The predicted molar refractivity (Wildman–Crippen MR) is 77.4 cm³/mol. The number of hydrogen-bond acceptors (Lipinski definition) is 4. The van der Waals surface area contributed by atoms with E-state index in [1.54, 1.807) is 11.6 Å². The minimum absolute atomic E-state index is 0.00825. The number of rotatable bonds is 5. The minimum atomic E-state index is -3.70. The Balaban J connectivity index is 2.50. The molecule has 106 valence electrons. The molecule has 2 aromatic heterocycles. The first-order valence-electron chi connectivity index (χ1n) is 5.98. The third-order valence-electron chi connectivity index (χ3n) is 3.37. The van der Waals surface area contributed by atoms with Gasteiger partial charge in [0.2, 0.25) is 0 Å². The van der Waals surface area contributed by atoms with Gasteiger partial charge < -0.3 is 0 Å². The molecule has 0 fully saturated rings. The molecule has 2 aromatic rings. The summed E-state index contributed by atoms with van der Waals surface area (Å²) in [5.74, 6) is 0. The second-order valence-corrected chi connectivity index (χ2v) is 7.47. The molecule has 0 aliphatic carbocycles. The Morgan fingerprint density at radius 2 is 2.11 bits per heavy atom. The van der Waals surface area contributed by atoms with Crippen LogP contribution in [0.2, 0.25) is 5.15 Å². The number of aromatic nitrogens is 2. The minimum Gasteiger partial charge on any atom is -0.279 e. The van der Waals surface area contributed by atoms with Gasteiger partial charge in [-0.25, -0.2) is 18.1 Å². The Morgan fingerprint density at radius 3 is 2.68 bits per heavy atom. The molecule has 0 radical (unpaired) electrons. The van der Waals surface area contributed by atoms with E-state index >= 15 is 0 Å². The highest BCUT2D eigenvalue weighted by atomic mass is 35.5. The molecule has 0 aromatic carbocycles. The van der Waals surface area contributed by atoms with Gasteiger partial charge in [-0.1, -0.05) is 25.4 Å². The summed E-state index contributed by atoms with van der Waals surface area (Å²) in [5.41, 5.74) is -0.484. The van der Waals surface area contributed by atoms with E-state index in [-0.39, 0.29) is 10.2 Å². The molecule has 8 heteroatoms. The molecular formula is C11H16ClN3O2S2. The largest absolute Gasteiger partial charge is 0.279 e. The van der Waals surface area contributed by atoms with E-state index in [4.69, 9.17) is 11.6 Å². The maximum Gasteiger partial charge on any atom is 0.260 e.